The van der Waals surface area contributed by atoms with Crippen molar-refractivity contribution in [2.75, 3.05) is 6.54 Å². The van der Waals surface area contributed by atoms with Crippen LogP contribution >= 0.6 is 11.6 Å². The number of halogens is 2. The summed E-state index contributed by atoms with van der Waals surface area (Å²) in [4.78, 5) is 24.7. The highest BCUT2D eigenvalue weighted by atomic mass is 35.5. The molecule has 0 saturated carbocycles. The Hall–Kier alpha value is -2.40. The molecule has 0 bridgehead atoms. The molecule has 0 aliphatic rings. The van der Waals surface area contributed by atoms with Crippen molar-refractivity contribution in [3.63, 3.8) is 0 Å². The summed E-state index contributed by atoms with van der Waals surface area (Å²) in [5.41, 5.74) is 0.179. The highest BCUT2D eigenvalue weighted by Crippen LogP contribution is 2.16. The van der Waals surface area contributed by atoms with Crippen molar-refractivity contribution in [1.82, 2.24) is 10.6 Å². The van der Waals surface area contributed by atoms with Gasteiger partial charge in [-0.05, 0) is 49.6 Å². The minimum absolute atomic E-state index is 0.258. The normalized spacial score (nSPS) is 11.1. The van der Waals surface area contributed by atoms with Gasteiger partial charge in [0.2, 0.25) is 11.8 Å². The fraction of sp³-hybridized carbons (Fsp3) is 0.300. The Balaban J connectivity index is 1.84. The predicted octanol–water partition coefficient (Wildman–Crippen LogP) is 3.48. The maximum atomic E-state index is 13.6. The van der Waals surface area contributed by atoms with Crippen LogP contribution in [0.15, 0.2) is 48.5 Å². The van der Waals surface area contributed by atoms with E-state index in [1.165, 1.54) is 6.07 Å². The van der Waals surface area contributed by atoms with Gasteiger partial charge in [-0.2, -0.15) is 0 Å². The van der Waals surface area contributed by atoms with Crippen molar-refractivity contribution in [2.45, 2.75) is 26.8 Å². The Labute approximate surface area is 157 Å². The standard InChI is InChI=1S/C20H22ClFN2O2/c1-20(2,19(26)24-13-14-7-9-16(21)10-8-14)18(25)23-12-11-15-5-3-4-6-17(15)22/h3-10H,11-13H2,1-2H3,(H,23,25)(H,24,26). The van der Waals surface area contributed by atoms with Crippen molar-refractivity contribution < 1.29 is 14.0 Å². The summed E-state index contributed by atoms with van der Waals surface area (Å²) in [5, 5.41) is 6.08. The van der Waals surface area contributed by atoms with Crippen LogP contribution in [-0.4, -0.2) is 18.4 Å². The van der Waals surface area contributed by atoms with Gasteiger partial charge >= 0.3 is 0 Å². The van der Waals surface area contributed by atoms with Crippen LogP contribution in [0, 0.1) is 11.2 Å². The third-order valence-corrected chi connectivity index (χ3v) is 4.39. The first kappa shape index (κ1) is 19.9. The Bertz CT molecular complexity index is 776. The second-order valence-corrected chi connectivity index (χ2v) is 6.97. The van der Waals surface area contributed by atoms with E-state index in [-0.39, 0.29) is 18.3 Å². The largest absolute Gasteiger partial charge is 0.355 e. The molecule has 0 fully saturated rings. The van der Waals surface area contributed by atoms with Crippen LogP contribution in [0.4, 0.5) is 4.39 Å². The molecule has 0 saturated heterocycles. The molecule has 0 aliphatic heterocycles. The molecule has 0 aliphatic carbocycles. The molecule has 4 nitrogen and oxygen atoms in total. The van der Waals surface area contributed by atoms with Crippen LogP contribution in [0.5, 0.6) is 0 Å². The molecule has 2 N–H and O–H groups in total. The topological polar surface area (TPSA) is 58.2 Å². The van der Waals surface area contributed by atoms with Gasteiger partial charge in [0, 0.05) is 18.1 Å². The van der Waals surface area contributed by atoms with Crippen molar-refractivity contribution in [2.24, 2.45) is 5.41 Å². The number of carbonyl (C=O) groups is 2. The highest BCUT2D eigenvalue weighted by molar-refractivity contribution is 6.30. The highest BCUT2D eigenvalue weighted by Gasteiger charge is 2.35. The van der Waals surface area contributed by atoms with Gasteiger partial charge in [0.25, 0.3) is 0 Å². The third kappa shape index (κ3) is 5.30. The SMILES string of the molecule is CC(C)(C(=O)NCCc1ccccc1F)C(=O)NCc1ccc(Cl)cc1. The summed E-state index contributed by atoms with van der Waals surface area (Å²) in [6.45, 7) is 3.68. The van der Waals surface area contributed by atoms with Crippen molar-refractivity contribution in [3.05, 3.63) is 70.5 Å². The maximum absolute atomic E-state index is 13.6. The van der Waals surface area contributed by atoms with E-state index in [9.17, 15) is 14.0 Å². The fourth-order valence-electron chi connectivity index (χ4n) is 2.34. The second kappa shape index (κ2) is 8.81. The third-order valence-electron chi connectivity index (χ3n) is 4.14. The van der Waals surface area contributed by atoms with Crippen LogP contribution in [0.2, 0.25) is 5.02 Å². The molecule has 0 heterocycles. The molecule has 26 heavy (non-hydrogen) atoms. The fourth-order valence-corrected chi connectivity index (χ4v) is 2.47. The Morgan fingerprint density at radius 1 is 1.00 bits per heavy atom. The van der Waals surface area contributed by atoms with E-state index in [1.807, 2.05) is 12.1 Å². The van der Waals surface area contributed by atoms with Crippen LogP contribution < -0.4 is 10.6 Å². The van der Waals surface area contributed by atoms with Gasteiger partial charge in [-0.15, -0.1) is 0 Å². The molecular weight excluding hydrogens is 355 g/mol. The number of hydrogen-bond acceptors (Lipinski definition) is 2. The van der Waals surface area contributed by atoms with Crippen molar-refractivity contribution in [1.29, 1.82) is 0 Å². The Kier molecular flexibility index (Phi) is 6.75. The second-order valence-electron chi connectivity index (χ2n) is 6.53. The number of rotatable bonds is 7. The number of carbonyl (C=O) groups excluding carboxylic acids is 2. The van der Waals surface area contributed by atoms with Gasteiger partial charge in [-0.1, -0.05) is 41.9 Å². The van der Waals surface area contributed by atoms with E-state index < -0.39 is 11.3 Å². The van der Waals surface area contributed by atoms with E-state index in [4.69, 9.17) is 11.6 Å². The minimum atomic E-state index is -1.23. The summed E-state index contributed by atoms with van der Waals surface area (Å²) in [6, 6.07) is 13.5. The summed E-state index contributed by atoms with van der Waals surface area (Å²) in [5.74, 6) is -1.08. The molecular formula is C20H22ClFN2O2. The number of hydrogen-bond donors (Lipinski definition) is 2. The lowest BCUT2D eigenvalue weighted by Crippen LogP contribution is -2.48. The number of amides is 2. The molecule has 2 aromatic carbocycles. The number of nitrogens with one attached hydrogen (secondary N) is 2. The van der Waals surface area contributed by atoms with Crippen LogP contribution in [0.3, 0.4) is 0 Å². The van der Waals surface area contributed by atoms with Gasteiger partial charge in [0.1, 0.15) is 11.2 Å². The van der Waals surface area contributed by atoms with E-state index in [1.54, 1.807) is 44.2 Å². The molecule has 0 atom stereocenters. The summed E-state index contributed by atoms with van der Waals surface area (Å²) >= 11 is 5.83. The quantitative estimate of drug-likeness (QED) is 0.727. The Morgan fingerprint density at radius 3 is 2.27 bits per heavy atom. The van der Waals surface area contributed by atoms with Crippen molar-refractivity contribution in [3.8, 4) is 0 Å². The molecule has 2 rings (SSSR count). The lowest BCUT2D eigenvalue weighted by atomic mass is 9.91. The Morgan fingerprint density at radius 2 is 1.62 bits per heavy atom. The maximum Gasteiger partial charge on any atom is 0.235 e. The predicted molar refractivity (Wildman–Crippen MR) is 100 cm³/mol. The molecule has 2 aromatic rings. The van der Waals surface area contributed by atoms with Crippen LogP contribution in [-0.2, 0) is 22.6 Å². The van der Waals surface area contributed by atoms with Gasteiger partial charge in [0.05, 0.1) is 0 Å². The lowest BCUT2D eigenvalue weighted by molar-refractivity contribution is -0.141. The van der Waals surface area contributed by atoms with E-state index in [2.05, 4.69) is 10.6 Å². The molecule has 0 radical (unpaired) electrons. The first-order chi connectivity index (χ1) is 12.3. The number of benzene rings is 2. The average molecular weight is 377 g/mol. The zero-order valence-electron chi connectivity index (χ0n) is 14.8. The van der Waals surface area contributed by atoms with Gasteiger partial charge in [-0.25, -0.2) is 4.39 Å². The summed E-state index contributed by atoms with van der Waals surface area (Å²) in [6.07, 6.45) is 0.362. The molecule has 2 amide bonds. The summed E-state index contributed by atoms with van der Waals surface area (Å²) < 4.78 is 13.6. The summed E-state index contributed by atoms with van der Waals surface area (Å²) in [7, 11) is 0. The monoisotopic (exact) mass is 376 g/mol. The average Bonchev–Trinajstić information content (AvgIpc) is 2.62. The lowest BCUT2D eigenvalue weighted by Gasteiger charge is -2.23. The molecule has 0 spiro atoms. The first-order valence-electron chi connectivity index (χ1n) is 8.35. The van der Waals surface area contributed by atoms with E-state index >= 15 is 0 Å². The molecule has 138 valence electrons. The smallest absolute Gasteiger partial charge is 0.235 e. The van der Waals surface area contributed by atoms with Crippen LogP contribution in [0.25, 0.3) is 0 Å². The minimum Gasteiger partial charge on any atom is -0.355 e. The van der Waals surface area contributed by atoms with Crippen molar-refractivity contribution >= 4 is 23.4 Å². The van der Waals surface area contributed by atoms with Crippen LogP contribution in [0.1, 0.15) is 25.0 Å². The zero-order valence-corrected chi connectivity index (χ0v) is 15.6. The molecule has 6 heteroatoms. The molecule has 0 unspecified atom stereocenters. The van der Waals surface area contributed by atoms with E-state index in [0.717, 1.165) is 5.56 Å². The van der Waals surface area contributed by atoms with Gasteiger partial charge in [0.15, 0.2) is 0 Å². The van der Waals surface area contributed by atoms with E-state index in [0.29, 0.717) is 23.6 Å². The van der Waals surface area contributed by atoms with Gasteiger partial charge in [-0.3, -0.25) is 9.59 Å². The zero-order chi connectivity index (χ0) is 19.2. The first-order valence-corrected chi connectivity index (χ1v) is 8.73. The molecule has 0 aromatic heterocycles. The van der Waals surface area contributed by atoms with Gasteiger partial charge < -0.3 is 10.6 Å².